The second-order valence-electron chi connectivity index (χ2n) is 3.07. The molecule has 0 aromatic carbocycles. The molecule has 0 unspecified atom stereocenters. The molecule has 0 saturated heterocycles. The molecular weight excluding hydrogens is 148 g/mol. The largest absolute Gasteiger partial charge is 0.240 e. The first-order chi connectivity index (χ1) is 5.79. The van der Waals surface area contributed by atoms with Crippen LogP contribution in [0.3, 0.4) is 0 Å². The van der Waals surface area contributed by atoms with Gasteiger partial charge in [-0.25, -0.2) is 4.52 Å². The lowest BCUT2D eigenvalue weighted by Crippen LogP contribution is -1.88. The third-order valence-corrected chi connectivity index (χ3v) is 2.02. The highest BCUT2D eigenvalue weighted by Crippen LogP contribution is 2.08. The van der Waals surface area contributed by atoms with Crippen LogP contribution in [-0.4, -0.2) is 9.61 Å². The number of hydrogen-bond acceptors (Lipinski definition) is 1. The summed E-state index contributed by atoms with van der Waals surface area (Å²) in [5.74, 6) is 0. The number of fused-ring (bicyclic) bond motifs is 1. The van der Waals surface area contributed by atoms with Crippen LogP contribution < -0.4 is 0 Å². The van der Waals surface area contributed by atoms with Crippen LogP contribution in [0.2, 0.25) is 0 Å². The van der Waals surface area contributed by atoms with E-state index in [0.717, 1.165) is 12.1 Å². The maximum Gasteiger partial charge on any atom is 0.0664 e. The normalized spacial score (nSPS) is 10.8. The van der Waals surface area contributed by atoms with E-state index in [0.29, 0.717) is 0 Å². The maximum atomic E-state index is 4.41. The highest BCUT2D eigenvalue weighted by Gasteiger charge is 1.97. The number of nitrogens with zero attached hydrogens (tertiary/aromatic N) is 2. The standard InChI is InChI=1S/C10H12N2/c1-3-9-6-10-5-4-8(2)7-12(10)11-9/h4-7H,3H2,1-2H3. The maximum absolute atomic E-state index is 4.41. The lowest BCUT2D eigenvalue weighted by Gasteiger charge is -1.93. The van der Waals surface area contributed by atoms with E-state index in [9.17, 15) is 0 Å². The smallest absolute Gasteiger partial charge is 0.0664 e. The number of aromatic nitrogens is 2. The SMILES string of the molecule is CCc1cc2ccc(C)cn2n1. The second kappa shape index (κ2) is 2.63. The summed E-state index contributed by atoms with van der Waals surface area (Å²) in [6.07, 6.45) is 3.05. The van der Waals surface area contributed by atoms with E-state index >= 15 is 0 Å². The van der Waals surface area contributed by atoms with E-state index in [1.165, 1.54) is 11.1 Å². The molecule has 2 nitrogen and oxygen atoms in total. The van der Waals surface area contributed by atoms with Crippen molar-refractivity contribution in [3.63, 3.8) is 0 Å². The molecule has 2 aromatic rings. The minimum Gasteiger partial charge on any atom is -0.240 e. The van der Waals surface area contributed by atoms with Crippen LogP contribution in [0, 0.1) is 6.92 Å². The highest BCUT2D eigenvalue weighted by molar-refractivity contribution is 5.48. The average Bonchev–Trinajstić information content (AvgIpc) is 2.46. The van der Waals surface area contributed by atoms with Gasteiger partial charge in [-0.3, -0.25) is 0 Å². The van der Waals surface area contributed by atoms with Crippen molar-refractivity contribution in [1.82, 2.24) is 9.61 Å². The zero-order chi connectivity index (χ0) is 8.55. The Bertz CT molecular complexity index is 401. The van der Waals surface area contributed by atoms with Gasteiger partial charge in [0.2, 0.25) is 0 Å². The van der Waals surface area contributed by atoms with Crippen LogP contribution in [0.1, 0.15) is 18.2 Å². The lowest BCUT2D eigenvalue weighted by molar-refractivity contribution is 0.893. The summed E-state index contributed by atoms with van der Waals surface area (Å²) in [6, 6.07) is 6.33. The van der Waals surface area contributed by atoms with E-state index < -0.39 is 0 Å². The van der Waals surface area contributed by atoms with Crippen LogP contribution in [0.25, 0.3) is 5.52 Å². The molecule has 0 fully saturated rings. The summed E-state index contributed by atoms with van der Waals surface area (Å²) in [5, 5.41) is 4.41. The fraction of sp³-hybridized carbons (Fsp3) is 0.300. The number of pyridine rings is 1. The Kier molecular flexibility index (Phi) is 1.61. The van der Waals surface area contributed by atoms with Crippen molar-refractivity contribution in [2.24, 2.45) is 0 Å². The molecule has 0 radical (unpaired) electrons. The summed E-state index contributed by atoms with van der Waals surface area (Å²) >= 11 is 0. The van der Waals surface area contributed by atoms with Crippen molar-refractivity contribution in [2.75, 3.05) is 0 Å². The minimum absolute atomic E-state index is 1.00. The van der Waals surface area contributed by atoms with Crippen LogP contribution >= 0.6 is 0 Å². The van der Waals surface area contributed by atoms with Gasteiger partial charge in [0.25, 0.3) is 0 Å². The van der Waals surface area contributed by atoms with Crippen molar-refractivity contribution in [3.8, 4) is 0 Å². The van der Waals surface area contributed by atoms with Crippen molar-refractivity contribution in [3.05, 3.63) is 35.7 Å². The van der Waals surface area contributed by atoms with Gasteiger partial charge in [0, 0.05) is 6.20 Å². The molecule has 0 saturated carbocycles. The van der Waals surface area contributed by atoms with Crippen LogP contribution in [-0.2, 0) is 6.42 Å². The summed E-state index contributed by atoms with van der Waals surface area (Å²) in [7, 11) is 0. The molecule has 0 amide bonds. The predicted octanol–water partition coefficient (Wildman–Crippen LogP) is 2.21. The molecule has 2 heterocycles. The molecule has 2 aromatic heterocycles. The topological polar surface area (TPSA) is 17.3 Å². The number of hydrogen-bond donors (Lipinski definition) is 0. The lowest BCUT2D eigenvalue weighted by atomic mass is 10.3. The first-order valence-corrected chi connectivity index (χ1v) is 4.24. The molecule has 2 heteroatoms. The van der Waals surface area contributed by atoms with Gasteiger partial charge in [-0.05, 0) is 31.0 Å². The van der Waals surface area contributed by atoms with Gasteiger partial charge in [0.1, 0.15) is 0 Å². The third kappa shape index (κ3) is 1.09. The Morgan fingerprint density at radius 2 is 2.25 bits per heavy atom. The van der Waals surface area contributed by atoms with Crippen molar-refractivity contribution in [2.45, 2.75) is 20.3 Å². The van der Waals surface area contributed by atoms with Gasteiger partial charge in [-0.2, -0.15) is 5.10 Å². The van der Waals surface area contributed by atoms with Crippen LogP contribution in [0.4, 0.5) is 0 Å². The van der Waals surface area contributed by atoms with Crippen molar-refractivity contribution < 1.29 is 0 Å². The Morgan fingerprint density at radius 1 is 1.42 bits per heavy atom. The summed E-state index contributed by atoms with van der Waals surface area (Å²) in [5.41, 5.74) is 3.58. The van der Waals surface area contributed by atoms with Gasteiger partial charge in [-0.1, -0.05) is 13.0 Å². The molecule has 0 spiro atoms. The van der Waals surface area contributed by atoms with E-state index in [1.807, 2.05) is 4.52 Å². The van der Waals surface area contributed by atoms with Crippen LogP contribution in [0.5, 0.6) is 0 Å². The predicted molar refractivity (Wildman–Crippen MR) is 49.3 cm³/mol. The van der Waals surface area contributed by atoms with Gasteiger partial charge in [0.15, 0.2) is 0 Å². The molecule has 2 rings (SSSR count). The third-order valence-electron chi connectivity index (χ3n) is 2.02. The molecule has 0 aliphatic carbocycles. The molecule has 0 bridgehead atoms. The first-order valence-electron chi connectivity index (χ1n) is 4.24. The van der Waals surface area contributed by atoms with Gasteiger partial charge in [-0.15, -0.1) is 0 Å². The fourth-order valence-corrected chi connectivity index (χ4v) is 1.32. The number of aryl methyl sites for hydroxylation is 2. The van der Waals surface area contributed by atoms with E-state index in [2.05, 4.69) is 43.3 Å². The average molecular weight is 160 g/mol. The van der Waals surface area contributed by atoms with E-state index in [1.54, 1.807) is 0 Å². The van der Waals surface area contributed by atoms with E-state index in [4.69, 9.17) is 0 Å². The Balaban J connectivity index is 2.67. The fourth-order valence-electron chi connectivity index (χ4n) is 1.32. The van der Waals surface area contributed by atoms with Crippen LogP contribution in [0.15, 0.2) is 24.4 Å². The summed E-state index contributed by atoms with van der Waals surface area (Å²) in [4.78, 5) is 0. The van der Waals surface area contributed by atoms with Gasteiger partial charge in [0.05, 0.1) is 11.2 Å². The first kappa shape index (κ1) is 7.35. The van der Waals surface area contributed by atoms with Gasteiger partial charge < -0.3 is 0 Å². The molecule has 62 valence electrons. The Hall–Kier alpha value is -1.31. The Labute approximate surface area is 71.8 Å². The molecule has 0 N–H and O–H groups in total. The molecule has 0 atom stereocenters. The van der Waals surface area contributed by atoms with Gasteiger partial charge >= 0.3 is 0 Å². The molecule has 0 aliphatic rings. The number of rotatable bonds is 1. The molecule has 12 heavy (non-hydrogen) atoms. The summed E-state index contributed by atoms with van der Waals surface area (Å²) in [6.45, 7) is 4.20. The zero-order valence-electron chi connectivity index (χ0n) is 7.41. The molecular formula is C10H12N2. The second-order valence-corrected chi connectivity index (χ2v) is 3.07. The quantitative estimate of drug-likeness (QED) is 0.625. The summed E-state index contributed by atoms with van der Waals surface area (Å²) < 4.78 is 1.94. The molecule has 0 aliphatic heterocycles. The Morgan fingerprint density at radius 3 is 3.00 bits per heavy atom. The minimum atomic E-state index is 1.00. The van der Waals surface area contributed by atoms with E-state index in [-0.39, 0.29) is 0 Å². The van der Waals surface area contributed by atoms with Crippen molar-refractivity contribution in [1.29, 1.82) is 0 Å². The zero-order valence-corrected chi connectivity index (χ0v) is 7.41. The monoisotopic (exact) mass is 160 g/mol. The van der Waals surface area contributed by atoms with Crippen molar-refractivity contribution >= 4 is 5.52 Å². The highest BCUT2D eigenvalue weighted by atomic mass is 15.2.